The van der Waals surface area contributed by atoms with Gasteiger partial charge >= 0.3 is 0 Å². The van der Waals surface area contributed by atoms with Gasteiger partial charge in [0, 0.05) is 0 Å². The number of rotatable bonds is 1. The molecule has 0 unspecified atom stereocenters. The average molecular weight is 229 g/mol. The summed E-state index contributed by atoms with van der Waals surface area (Å²) in [6.07, 6.45) is 0. The lowest BCUT2D eigenvalue weighted by Gasteiger charge is -2.36. The average Bonchev–Trinajstić information content (AvgIpc) is 2.03. The van der Waals surface area contributed by atoms with E-state index in [1.807, 2.05) is 0 Å². The number of halogens is 1. The van der Waals surface area contributed by atoms with E-state index in [0.29, 0.717) is 0 Å². The maximum Gasteiger partial charge on any atom is 0.255 e. The van der Waals surface area contributed by atoms with E-state index in [1.165, 1.54) is 24.1 Å². The molecule has 0 aromatic heterocycles. The molecule has 0 aromatic carbocycles. The van der Waals surface area contributed by atoms with Gasteiger partial charge in [0.2, 0.25) is 0 Å². The smallest absolute Gasteiger partial charge is 0.255 e. The van der Waals surface area contributed by atoms with Crippen LogP contribution in [0, 0.1) is 0 Å². The van der Waals surface area contributed by atoms with Crippen molar-refractivity contribution in [3.8, 4) is 0 Å². The monoisotopic (exact) mass is 229 g/mol. The minimum absolute atomic E-state index is 0.949. The summed E-state index contributed by atoms with van der Waals surface area (Å²) < 4.78 is 41.8. The fraction of sp³-hybridized carbons (Fsp3) is 1.00. The number of quaternary nitrogens is 1. The van der Waals surface area contributed by atoms with Crippen LogP contribution < -0.4 is 0 Å². The molecule has 86 valence electrons. The first-order chi connectivity index (χ1) is 6.27. The molecule has 1 saturated heterocycles. The Morgan fingerprint density at radius 1 is 1.43 bits per heavy atom. The SMILES string of the molecule is CC[N+]1(C)CCOCC1.O=S(=O)([O-])F. The highest BCUT2D eigenvalue weighted by Crippen LogP contribution is 2.05. The zero-order valence-corrected chi connectivity index (χ0v) is 9.22. The van der Waals surface area contributed by atoms with Gasteiger partial charge in [0.25, 0.3) is 10.5 Å². The molecule has 1 heterocycles. The van der Waals surface area contributed by atoms with Crippen molar-refractivity contribution in [2.75, 3.05) is 39.9 Å². The second kappa shape index (κ2) is 5.59. The van der Waals surface area contributed by atoms with Crippen LogP contribution >= 0.6 is 0 Å². The van der Waals surface area contributed by atoms with Crippen molar-refractivity contribution in [2.24, 2.45) is 0 Å². The lowest BCUT2D eigenvalue weighted by Crippen LogP contribution is -2.51. The third-order valence-electron chi connectivity index (χ3n) is 2.31. The Morgan fingerprint density at radius 3 is 2.00 bits per heavy atom. The lowest BCUT2D eigenvalue weighted by molar-refractivity contribution is -0.915. The molecule has 7 heteroatoms. The largest absolute Gasteiger partial charge is 0.722 e. The number of likely N-dealkylation sites (N-methyl/N-ethyl adjacent to an activating group) is 1. The fourth-order valence-corrected chi connectivity index (χ4v) is 1.10. The molecular weight excluding hydrogens is 213 g/mol. The van der Waals surface area contributed by atoms with Gasteiger partial charge < -0.3 is 13.8 Å². The molecule has 0 aliphatic carbocycles. The highest BCUT2D eigenvalue weighted by Gasteiger charge is 2.21. The molecule has 0 spiro atoms. The summed E-state index contributed by atoms with van der Waals surface area (Å²) in [7, 11) is -3.12. The molecule has 0 bridgehead atoms. The molecule has 0 saturated carbocycles. The van der Waals surface area contributed by atoms with Gasteiger partial charge in [-0.15, -0.1) is 3.89 Å². The zero-order valence-electron chi connectivity index (χ0n) is 8.40. The molecule has 1 fully saturated rings. The van der Waals surface area contributed by atoms with E-state index < -0.39 is 10.5 Å². The van der Waals surface area contributed by atoms with Crippen molar-refractivity contribution in [1.82, 2.24) is 0 Å². The van der Waals surface area contributed by atoms with Gasteiger partial charge in [-0.25, -0.2) is 8.42 Å². The summed E-state index contributed by atoms with van der Waals surface area (Å²) in [4.78, 5) is 0. The second-order valence-electron chi connectivity index (χ2n) is 3.39. The van der Waals surface area contributed by atoms with Gasteiger partial charge in [0.05, 0.1) is 26.8 Å². The topological polar surface area (TPSA) is 66.4 Å². The zero-order chi connectivity index (χ0) is 11.2. The van der Waals surface area contributed by atoms with E-state index >= 15 is 0 Å². The van der Waals surface area contributed by atoms with E-state index in [-0.39, 0.29) is 0 Å². The van der Waals surface area contributed by atoms with E-state index in [4.69, 9.17) is 17.7 Å². The summed E-state index contributed by atoms with van der Waals surface area (Å²) in [5, 5.41) is 0. The molecule has 1 aliphatic rings. The minimum atomic E-state index is -5.42. The molecule has 5 nitrogen and oxygen atoms in total. The van der Waals surface area contributed by atoms with E-state index in [2.05, 4.69) is 14.0 Å². The van der Waals surface area contributed by atoms with Gasteiger partial charge in [-0.2, -0.15) is 0 Å². The summed E-state index contributed by atoms with van der Waals surface area (Å²) in [5.41, 5.74) is 0. The van der Waals surface area contributed by atoms with Crippen LogP contribution in [0.15, 0.2) is 0 Å². The maximum atomic E-state index is 10.1. The lowest BCUT2D eigenvalue weighted by atomic mass is 10.3. The Labute approximate surface area is 84.1 Å². The highest BCUT2D eigenvalue weighted by molar-refractivity contribution is 7.80. The van der Waals surface area contributed by atoms with Crippen LogP contribution in [0.4, 0.5) is 3.89 Å². The van der Waals surface area contributed by atoms with E-state index in [1.54, 1.807) is 0 Å². The second-order valence-corrected chi connectivity index (χ2v) is 4.17. The number of hydrogen-bond acceptors (Lipinski definition) is 4. The van der Waals surface area contributed by atoms with Crippen molar-refractivity contribution in [3.05, 3.63) is 0 Å². The molecular formula is C7H16FNO4S. The Balaban J connectivity index is 0.000000292. The predicted molar refractivity (Wildman–Crippen MR) is 48.1 cm³/mol. The van der Waals surface area contributed by atoms with Gasteiger partial charge in [-0.1, -0.05) is 0 Å². The maximum absolute atomic E-state index is 10.1. The van der Waals surface area contributed by atoms with Gasteiger partial charge in [-0.3, -0.25) is 0 Å². The Kier molecular flexibility index (Phi) is 5.50. The van der Waals surface area contributed by atoms with Crippen molar-refractivity contribution in [3.63, 3.8) is 0 Å². The third kappa shape index (κ3) is 8.36. The van der Waals surface area contributed by atoms with Gasteiger partial charge in [0.15, 0.2) is 0 Å². The van der Waals surface area contributed by atoms with Crippen molar-refractivity contribution < 1.29 is 26.1 Å². The fourth-order valence-electron chi connectivity index (χ4n) is 1.10. The molecule has 0 aromatic rings. The number of ether oxygens (including phenoxy) is 1. The number of hydrogen-bond donors (Lipinski definition) is 0. The first-order valence-electron chi connectivity index (χ1n) is 4.33. The molecule has 0 amide bonds. The summed E-state index contributed by atoms with van der Waals surface area (Å²) in [5.74, 6) is 0. The molecule has 0 N–H and O–H groups in total. The first kappa shape index (κ1) is 13.8. The molecule has 0 atom stereocenters. The first-order valence-corrected chi connectivity index (χ1v) is 5.64. The van der Waals surface area contributed by atoms with Crippen LogP contribution in [0.5, 0.6) is 0 Å². The highest BCUT2D eigenvalue weighted by atomic mass is 32.3. The predicted octanol–water partition coefficient (Wildman–Crippen LogP) is -0.101. The molecule has 1 aliphatic heterocycles. The van der Waals surface area contributed by atoms with E-state index in [0.717, 1.165) is 13.2 Å². The van der Waals surface area contributed by atoms with Crippen molar-refractivity contribution in [2.45, 2.75) is 6.92 Å². The summed E-state index contributed by atoms with van der Waals surface area (Å²) in [6.45, 7) is 7.76. The van der Waals surface area contributed by atoms with Gasteiger partial charge in [0.1, 0.15) is 13.1 Å². The Hall–Kier alpha value is -0.240. The van der Waals surface area contributed by atoms with Crippen LogP contribution in [0.3, 0.4) is 0 Å². The molecule has 14 heavy (non-hydrogen) atoms. The Bertz CT molecular complexity index is 240. The van der Waals surface area contributed by atoms with Crippen molar-refractivity contribution in [1.29, 1.82) is 0 Å². The van der Waals surface area contributed by atoms with Crippen molar-refractivity contribution >= 4 is 10.5 Å². The van der Waals surface area contributed by atoms with Crippen LogP contribution in [0.1, 0.15) is 6.92 Å². The number of morpholine rings is 1. The van der Waals surface area contributed by atoms with Crippen LogP contribution in [0.2, 0.25) is 0 Å². The normalized spacial score (nSPS) is 20.9. The molecule has 0 radical (unpaired) electrons. The minimum Gasteiger partial charge on any atom is -0.722 e. The quantitative estimate of drug-likeness (QED) is 0.358. The molecule has 1 rings (SSSR count). The summed E-state index contributed by atoms with van der Waals surface area (Å²) >= 11 is 0. The third-order valence-corrected chi connectivity index (χ3v) is 2.31. The van der Waals surface area contributed by atoms with Crippen LogP contribution in [0.25, 0.3) is 0 Å². The standard InChI is InChI=1S/C7H16NO.FHO3S/c1-3-8(2)4-6-9-7-5-8;1-5(2,3)4/h3-7H2,1-2H3;(H,2,3,4)/q+1;/p-1. The van der Waals surface area contributed by atoms with E-state index in [9.17, 15) is 3.89 Å². The van der Waals surface area contributed by atoms with Crippen LogP contribution in [-0.2, 0) is 15.2 Å². The summed E-state index contributed by atoms with van der Waals surface area (Å²) in [6, 6.07) is 0. The van der Waals surface area contributed by atoms with Crippen LogP contribution in [-0.4, -0.2) is 57.3 Å². The number of nitrogens with zero attached hydrogens (tertiary/aromatic N) is 1. The van der Waals surface area contributed by atoms with Gasteiger partial charge in [-0.05, 0) is 6.92 Å². The Morgan fingerprint density at radius 2 is 1.79 bits per heavy atom.